The van der Waals surface area contributed by atoms with Crippen molar-refractivity contribution < 1.29 is 5.11 Å². The lowest BCUT2D eigenvalue weighted by Gasteiger charge is -2.04. The molecule has 0 radical (unpaired) electrons. The summed E-state index contributed by atoms with van der Waals surface area (Å²) in [5.74, 6) is 0. The molecular weight excluding hydrogens is 144 g/mol. The van der Waals surface area contributed by atoms with Crippen molar-refractivity contribution in [1.82, 2.24) is 0 Å². The molecule has 0 bridgehead atoms. The number of rotatable bonds is 2. The zero-order valence-corrected chi connectivity index (χ0v) is 7.11. The van der Waals surface area contributed by atoms with Crippen molar-refractivity contribution in [2.45, 2.75) is 26.4 Å². The molecular formula is C8H12OS. The molecule has 1 aromatic heterocycles. The summed E-state index contributed by atoms with van der Waals surface area (Å²) in [6.45, 7) is 4.02. The monoisotopic (exact) mass is 156 g/mol. The first-order chi connectivity index (χ1) is 4.75. The van der Waals surface area contributed by atoms with Crippen molar-refractivity contribution >= 4 is 11.3 Å². The van der Waals surface area contributed by atoms with Crippen LogP contribution >= 0.6 is 11.3 Å². The summed E-state index contributed by atoms with van der Waals surface area (Å²) in [6, 6.07) is 2.04. The van der Waals surface area contributed by atoms with Crippen molar-refractivity contribution in [3.05, 3.63) is 21.9 Å². The van der Waals surface area contributed by atoms with Gasteiger partial charge in [0.1, 0.15) is 0 Å². The fourth-order valence-corrected chi connectivity index (χ4v) is 1.91. The third-order valence-corrected chi connectivity index (χ3v) is 2.71. The molecule has 0 fully saturated rings. The Hall–Kier alpha value is -0.340. The maximum absolute atomic E-state index is 9.41. The molecule has 10 heavy (non-hydrogen) atoms. The fraction of sp³-hybridized carbons (Fsp3) is 0.500. The van der Waals surface area contributed by atoms with Crippen LogP contribution < -0.4 is 0 Å². The molecule has 1 rings (SSSR count). The molecule has 1 atom stereocenters. The van der Waals surface area contributed by atoms with E-state index in [-0.39, 0.29) is 6.10 Å². The van der Waals surface area contributed by atoms with E-state index >= 15 is 0 Å². The zero-order valence-electron chi connectivity index (χ0n) is 6.29. The lowest BCUT2D eigenvalue weighted by atomic mass is 10.2. The summed E-state index contributed by atoms with van der Waals surface area (Å²) in [5, 5.41) is 11.4. The Balaban J connectivity index is 2.82. The van der Waals surface area contributed by atoms with E-state index in [1.807, 2.05) is 25.3 Å². The minimum atomic E-state index is -0.250. The second-order valence-corrected chi connectivity index (χ2v) is 3.34. The van der Waals surface area contributed by atoms with Gasteiger partial charge < -0.3 is 5.11 Å². The number of aryl methyl sites for hydroxylation is 1. The van der Waals surface area contributed by atoms with Crippen LogP contribution in [0.2, 0.25) is 0 Å². The third-order valence-electron chi connectivity index (χ3n) is 1.59. The Morgan fingerprint density at radius 3 is 2.80 bits per heavy atom. The molecule has 1 N–H and O–H groups in total. The van der Waals surface area contributed by atoms with Gasteiger partial charge in [-0.1, -0.05) is 6.92 Å². The van der Waals surface area contributed by atoms with Gasteiger partial charge in [0, 0.05) is 4.88 Å². The Bertz CT molecular complexity index is 205. The average Bonchev–Trinajstić information content (AvgIpc) is 2.34. The SMILES string of the molecule is CCC(O)c1sccc1C. The third kappa shape index (κ3) is 1.39. The lowest BCUT2D eigenvalue weighted by molar-refractivity contribution is 0.177. The minimum Gasteiger partial charge on any atom is -0.388 e. The van der Waals surface area contributed by atoms with Gasteiger partial charge in [-0.2, -0.15) is 0 Å². The molecule has 0 amide bonds. The smallest absolute Gasteiger partial charge is 0.0882 e. The molecule has 0 spiro atoms. The second-order valence-electron chi connectivity index (χ2n) is 2.39. The maximum atomic E-state index is 9.41. The Labute approximate surface area is 65.3 Å². The molecule has 0 saturated carbocycles. The van der Waals surface area contributed by atoms with Crippen LogP contribution in [0.15, 0.2) is 11.4 Å². The summed E-state index contributed by atoms with van der Waals surface area (Å²) >= 11 is 1.63. The van der Waals surface area contributed by atoms with Gasteiger partial charge in [-0.25, -0.2) is 0 Å². The van der Waals surface area contributed by atoms with Crippen LogP contribution in [-0.4, -0.2) is 5.11 Å². The van der Waals surface area contributed by atoms with Crippen molar-refractivity contribution in [3.8, 4) is 0 Å². The van der Waals surface area contributed by atoms with E-state index in [0.717, 1.165) is 11.3 Å². The van der Waals surface area contributed by atoms with Gasteiger partial charge in [-0.3, -0.25) is 0 Å². The van der Waals surface area contributed by atoms with Gasteiger partial charge in [0.2, 0.25) is 0 Å². The van der Waals surface area contributed by atoms with Gasteiger partial charge in [0.15, 0.2) is 0 Å². The zero-order chi connectivity index (χ0) is 7.56. The highest BCUT2D eigenvalue weighted by atomic mass is 32.1. The summed E-state index contributed by atoms with van der Waals surface area (Å²) in [5.41, 5.74) is 1.21. The van der Waals surface area contributed by atoms with Crippen LogP contribution in [-0.2, 0) is 0 Å². The highest BCUT2D eigenvalue weighted by molar-refractivity contribution is 7.10. The van der Waals surface area contributed by atoms with Crippen LogP contribution in [0.1, 0.15) is 29.9 Å². The molecule has 1 nitrogen and oxygen atoms in total. The fourth-order valence-electron chi connectivity index (χ4n) is 0.911. The molecule has 0 aromatic carbocycles. The standard InChI is InChI=1S/C8H12OS/c1-3-7(9)8-6(2)4-5-10-8/h4-5,7,9H,3H2,1-2H3. The van der Waals surface area contributed by atoms with Crippen LogP contribution in [0.3, 0.4) is 0 Å². The Kier molecular flexibility index (Phi) is 2.46. The first kappa shape index (κ1) is 7.76. The maximum Gasteiger partial charge on any atom is 0.0882 e. The number of hydrogen-bond donors (Lipinski definition) is 1. The molecule has 0 saturated heterocycles. The first-order valence-electron chi connectivity index (χ1n) is 3.47. The predicted octanol–water partition coefficient (Wildman–Crippen LogP) is 2.50. The van der Waals surface area contributed by atoms with Crippen LogP contribution in [0.25, 0.3) is 0 Å². The molecule has 1 heterocycles. The predicted molar refractivity (Wildman–Crippen MR) is 44.3 cm³/mol. The topological polar surface area (TPSA) is 20.2 Å². The van der Waals surface area contributed by atoms with E-state index in [4.69, 9.17) is 0 Å². The molecule has 0 aliphatic heterocycles. The number of aliphatic hydroxyl groups is 1. The van der Waals surface area contributed by atoms with Crippen molar-refractivity contribution in [2.75, 3.05) is 0 Å². The molecule has 1 aromatic rings. The number of thiophene rings is 1. The molecule has 0 aliphatic rings. The largest absolute Gasteiger partial charge is 0.388 e. The van der Waals surface area contributed by atoms with E-state index in [1.54, 1.807) is 11.3 Å². The van der Waals surface area contributed by atoms with Gasteiger partial charge >= 0.3 is 0 Å². The summed E-state index contributed by atoms with van der Waals surface area (Å²) in [6.07, 6.45) is 0.557. The molecule has 1 unspecified atom stereocenters. The summed E-state index contributed by atoms with van der Waals surface area (Å²) in [7, 11) is 0. The molecule has 56 valence electrons. The highest BCUT2D eigenvalue weighted by Gasteiger charge is 2.07. The summed E-state index contributed by atoms with van der Waals surface area (Å²) in [4.78, 5) is 1.11. The second kappa shape index (κ2) is 3.17. The summed E-state index contributed by atoms with van der Waals surface area (Å²) < 4.78 is 0. The quantitative estimate of drug-likeness (QED) is 0.697. The minimum absolute atomic E-state index is 0.250. The van der Waals surface area contributed by atoms with Gasteiger partial charge in [-0.15, -0.1) is 11.3 Å². The number of hydrogen-bond acceptors (Lipinski definition) is 2. The Morgan fingerprint density at radius 2 is 2.40 bits per heavy atom. The Morgan fingerprint density at radius 1 is 1.70 bits per heavy atom. The average molecular weight is 156 g/mol. The van der Waals surface area contributed by atoms with Crippen molar-refractivity contribution in [3.63, 3.8) is 0 Å². The van der Waals surface area contributed by atoms with Crippen LogP contribution in [0.4, 0.5) is 0 Å². The van der Waals surface area contributed by atoms with E-state index in [9.17, 15) is 5.11 Å². The lowest BCUT2D eigenvalue weighted by Crippen LogP contribution is -1.92. The van der Waals surface area contributed by atoms with E-state index in [1.165, 1.54) is 5.56 Å². The number of aliphatic hydroxyl groups excluding tert-OH is 1. The van der Waals surface area contributed by atoms with Crippen LogP contribution in [0.5, 0.6) is 0 Å². The van der Waals surface area contributed by atoms with E-state index < -0.39 is 0 Å². The highest BCUT2D eigenvalue weighted by Crippen LogP contribution is 2.25. The van der Waals surface area contributed by atoms with Crippen LogP contribution in [0, 0.1) is 6.92 Å². The first-order valence-corrected chi connectivity index (χ1v) is 4.35. The van der Waals surface area contributed by atoms with Gasteiger partial charge in [0.05, 0.1) is 6.10 Å². The normalized spacial score (nSPS) is 13.5. The van der Waals surface area contributed by atoms with E-state index in [0.29, 0.717) is 0 Å². The van der Waals surface area contributed by atoms with E-state index in [2.05, 4.69) is 0 Å². The van der Waals surface area contributed by atoms with Crippen molar-refractivity contribution in [1.29, 1.82) is 0 Å². The molecule has 0 aliphatic carbocycles. The van der Waals surface area contributed by atoms with Crippen molar-refractivity contribution in [2.24, 2.45) is 0 Å². The van der Waals surface area contributed by atoms with Gasteiger partial charge in [0.25, 0.3) is 0 Å². The molecule has 2 heteroatoms. The van der Waals surface area contributed by atoms with Gasteiger partial charge in [-0.05, 0) is 30.4 Å².